The number of halogens is 1. The van der Waals surface area contributed by atoms with Gasteiger partial charge in [-0.15, -0.1) is 0 Å². The maximum atomic E-state index is 13.7. The molecule has 2 rings (SSSR count). The largest absolute Gasteiger partial charge is 0.481 e. The van der Waals surface area contributed by atoms with Crippen LogP contribution >= 0.6 is 0 Å². The molecule has 0 saturated heterocycles. The summed E-state index contributed by atoms with van der Waals surface area (Å²) in [6.45, 7) is 0. The highest BCUT2D eigenvalue weighted by molar-refractivity contribution is 5.68. The van der Waals surface area contributed by atoms with Crippen molar-refractivity contribution in [2.45, 2.75) is 12.5 Å². The first-order chi connectivity index (χ1) is 8.18. The van der Waals surface area contributed by atoms with E-state index in [-0.39, 0.29) is 12.2 Å². The molecular weight excluding hydrogens is 221 g/mol. The fraction of sp³-hybridized carbons (Fsp3) is 0.154. The lowest BCUT2D eigenvalue weighted by Crippen LogP contribution is -2.15. The molecule has 3 nitrogen and oxygen atoms in total. The lowest BCUT2D eigenvalue weighted by atomic mass is 10.0. The molecule has 0 unspecified atom stereocenters. The van der Waals surface area contributed by atoms with Crippen LogP contribution in [0.3, 0.4) is 0 Å². The first-order valence-corrected chi connectivity index (χ1v) is 5.27. The van der Waals surface area contributed by atoms with Gasteiger partial charge in [0, 0.05) is 18.0 Å². The number of hydrogen-bond acceptors (Lipinski definition) is 1. The van der Waals surface area contributed by atoms with Crippen LogP contribution in [0.4, 0.5) is 4.39 Å². The van der Waals surface area contributed by atoms with Crippen molar-refractivity contribution >= 4 is 5.97 Å². The van der Waals surface area contributed by atoms with Gasteiger partial charge in [-0.05, 0) is 18.2 Å². The molecule has 0 aliphatic rings. The van der Waals surface area contributed by atoms with E-state index >= 15 is 0 Å². The summed E-state index contributed by atoms with van der Waals surface area (Å²) in [5.41, 5.74) is 0.395. The summed E-state index contributed by atoms with van der Waals surface area (Å²) in [6.07, 6.45) is 3.33. The standard InChI is InChI=1S/C13H12FNO2/c14-11-6-2-1-5-10(11)12(9-13(16)17)15-7-3-4-8-15/h1-8,12H,9H2,(H,16,17)/t12-/m0/s1. The van der Waals surface area contributed by atoms with Gasteiger partial charge in [0.2, 0.25) is 0 Å². The number of aromatic nitrogens is 1. The number of nitrogens with zero attached hydrogens (tertiary/aromatic N) is 1. The van der Waals surface area contributed by atoms with Crippen molar-refractivity contribution in [2.75, 3.05) is 0 Å². The summed E-state index contributed by atoms with van der Waals surface area (Å²) < 4.78 is 15.4. The van der Waals surface area contributed by atoms with E-state index < -0.39 is 12.0 Å². The third-order valence-corrected chi connectivity index (χ3v) is 2.62. The van der Waals surface area contributed by atoms with Gasteiger partial charge in [-0.3, -0.25) is 4.79 Å². The molecule has 0 fully saturated rings. The van der Waals surface area contributed by atoms with E-state index in [4.69, 9.17) is 5.11 Å². The average Bonchev–Trinajstić information content (AvgIpc) is 2.80. The topological polar surface area (TPSA) is 42.2 Å². The molecule has 1 heterocycles. The monoisotopic (exact) mass is 233 g/mol. The molecule has 0 saturated carbocycles. The summed E-state index contributed by atoms with van der Waals surface area (Å²) in [4.78, 5) is 10.9. The van der Waals surface area contributed by atoms with Crippen LogP contribution < -0.4 is 0 Å². The molecule has 0 bridgehead atoms. The minimum Gasteiger partial charge on any atom is -0.481 e. The smallest absolute Gasteiger partial charge is 0.305 e. The summed E-state index contributed by atoms with van der Waals surface area (Å²) in [6, 6.07) is 9.31. The van der Waals surface area contributed by atoms with Crippen molar-refractivity contribution < 1.29 is 14.3 Å². The van der Waals surface area contributed by atoms with Gasteiger partial charge >= 0.3 is 5.97 Å². The van der Waals surface area contributed by atoms with Gasteiger partial charge in [-0.25, -0.2) is 4.39 Å². The molecule has 4 heteroatoms. The number of hydrogen-bond donors (Lipinski definition) is 1. The highest BCUT2D eigenvalue weighted by Gasteiger charge is 2.19. The lowest BCUT2D eigenvalue weighted by molar-refractivity contribution is -0.137. The van der Waals surface area contributed by atoms with Crippen LogP contribution in [0, 0.1) is 5.82 Å². The molecule has 17 heavy (non-hydrogen) atoms. The van der Waals surface area contributed by atoms with Gasteiger partial charge in [0.15, 0.2) is 0 Å². The van der Waals surface area contributed by atoms with Gasteiger partial charge in [0.1, 0.15) is 5.82 Å². The Hall–Kier alpha value is -2.10. The summed E-state index contributed by atoms with van der Waals surface area (Å²) >= 11 is 0. The third kappa shape index (κ3) is 2.53. The van der Waals surface area contributed by atoms with Gasteiger partial charge in [0.05, 0.1) is 12.5 Å². The zero-order valence-corrected chi connectivity index (χ0v) is 9.08. The molecule has 0 aliphatic heterocycles. The predicted octanol–water partition coefficient (Wildman–Crippen LogP) is 2.69. The molecule has 1 aromatic carbocycles. The van der Waals surface area contributed by atoms with Crippen molar-refractivity contribution in [3.63, 3.8) is 0 Å². The fourth-order valence-corrected chi connectivity index (χ4v) is 1.84. The van der Waals surface area contributed by atoms with Gasteiger partial charge in [-0.2, -0.15) is 0 Å². The van der Waals surface area contributed by atoms with Gasteiger partial charge in [0.25, 0.3) is 0 Å². The van der Waals surface area contributed by atoms with Crippen molar-refractivity contribution in [3.8, 4) is 0 Å². The van der Waals surface area contributed by atoms with E-state index in [1.807, 2.05) is 0 Å². The van der Waals surface area contributed by atoms with Crippen molar-refractivity contribution in [1.29, 1.82) is 0 Å². The van der Waals surface area contributed by atoms with E-state index in [0.29, 0.717) is 5.56 Å². The van der Waals surface area contributed by atoms with E-state index in [1.165, 1.54) is 6.07 Å². The number of carboxylic acids is 1. The quantitative estimate of drug-likeness (QED) is 0.882. The second-order valence-corrected chi connectivity index (χ2v) is 3.77. The number of rotatable bonds is 4. The Balaban J connectivity index is 2.41. The maximum Gasteiger partial charge on any atom is 0.305 e. The van der Waals surface area contributed by atoms with Crippen LogP contribution in [-0.2, 0) is 4.79 Å². The van der Waals surface area contributed by atoms with E-state index in [1.54, 1.807) is 47.3 Å². The molecule has 0 amide bonds. The Kier molecular flexibility index (Phi) is 3.23. The number of carboxylic acid groups (broad SMARTS) is 1. The minimum absolute atomic E-state index is 0.143. The molecule has 88 valence electrons. The number of aliphatic carboxylic acids is 1. The fourth-order valence-electron chi connectivity index (χ4n) is 1.84. The Labute approximate surface area is 98.1 Å². The van der Waals surface area contributed by atoms with Crippen LogP contribution in [0.5, 0.6) is 0 Å². The van der Waals surface area contributed by atoms with Crippen LogP contribution in [0.25, 0.3) is 0 Å². The number of carbonyl (C=O) groups is 1. The second kappa shape index (κ2) is 4.82. The first kappa shape index (κ1) is 11.4. The highest BCUT2D eigenvalue weighted by atomic mass is 19.1. The average molecular weight is 233 g/mol. The van der Waals surface area contributed by atoms with Crippen molar-refractivity contribution in [2.24, 2.45) is 0 Å². The first-order valence-electron chi connectivity index (χ1n) is 5.27. The number of benzene rings is 1. The van der Waals surface area contributed by atoms with Crippen LogP contribution in [-0.4, -0.2) is 15.6 Å². The molecule has 0 radical (unpaired) electrons. The Morgan fingerprint density at radius 2 is 1.88 bits per heavy atom. The maximum absolute atomic E-state index is 13.7. The predicted molar refractivity (Wildman–Crippen MR) is 61.2 cm³/mol. The zero-order valence-electron chi connectivity index (χ0n) is 9.08. The molecule has 1 aromatic heterocycles. The lowest BCUT2D eigenvalue weighted by Gasteiger charge is -2.18. The summed E-state index contributed by atoms with van der Waals surface area (Å²) in [5, 5.41) is 8.90. The van der Waals surface area contributed by atoms with Gasteiger partial charge in [-0.1, -0.05) is 18.2 Å². The summed E-state index contributed by atoms with van der Waals surface area (Å²) in [7, 11) is 0. The van der Waals surface area contributed by atoms with E-state index in [2.05, 4.69) is 0 Å². The molecule has 1 atom stereocenters. The molecule has 0 aliphatic carbocycles. The third-order valence-electron chi connectivity index (χ3n) is 2.62. The van der Waals surface area contributed by atoms with Crippen LogP contribution in [0.15, 0.2) is 48.8 Å². The van der Waals surface area contributed by atoms with E-state index in [0.717, 1.165) is 0 Å². The minimum atomic E-state index is -0.952. The van der Waals surface area contributed by atoms with Crippen molar-refractivity contribution in [1.82, 2.24) is 4.57 Å². The van der Waals surface area contributed by atoms with Gasteiger partial charge < -0.3 is 9.67 Å². The van der Waals surface area contributed by atoms with Crippen molar-refractivity contribution in [3.05, 3.63) is 60.2 Å². The molecule has 0 spiro atoms. The van der Waals surface area contributed by atoms with E-state index in [9.17, 15) is 9.18 Å². The Morgan fingerprint density at radius 3 is 2.47 bits per heavy atom. The molecule has 2 aromatic rings. The SMILES string of the molecule is O=C(O)C[C@@H](c1ccccc1F)n1cccc1. The zero-order chi connectivity index (χ0) is 12.3. The Bertz CT molecular complexity index is 508. The molecular formula is C13H12FNO2. The molecule has 1 N–H and O–H groups in total. The highest BCUT2D eigenvalue weighted by Crippen LogP contribution is 2.24. The Morgan fingerprint density at radius 1 is 1.24 bits per heavy atom. The summed E-state index contributed by atoms with van der Waals surface area (Å²) in [5.74, 6) is -1.33. The van der Waals surface area contributed by atoms with Crippen LogP contribution in [0.2, 0.25) is 0 Å². The normalized spacial score (nSPS) is 12.3. The van der Waals surface area contributed by atoms with Crippen LogP contribution in [0.1, 0.15) is 18.0 Å². The second-order valence-electron chi connectivity index (χ2n) is 3.77.